The summed E-state index contributed by atoms with van der Waals surface area (Å²) in [6.45, 7) is 5.15. The van der Waals surface area contributed by atoms with E-state index in [-0.39, 0.29) is 6.04 Å². The first-order valence-electron chi connectivity index (χ1n) is 6.40. The molecule has 0 saturated heterocycles. The lowest BCUT2D eigenvalue weighted by Gasteiger charge is -2.17. The van der Waals surface area contributed by atoms with Crippen LogP contribution in [0.4, 0.5) is 0 Å². The molecule has 1 aromatic carbocycles. The minimum absolute atomic E-state index is 0.0388. The Morgan fingerprint density at radius 2 is 2.26 bits per heavy atom. The number of aryl methyl sites for hydroxylation is 2. The van der Waals surface area contributed by atoms with E-state index in [0.717, 1.165) is 28.6 Å². The van der Waals surface area contributed by atoms with Gasteiger partial charge in [0.15, 0.2) is 0 Å². The van der Waals surface area contributed by atoms with Crippen molar-refractivity contribution in [3.05, 3.63) is 51.8 Å². The molecule has 3 N–H and O–H groups in total. The zero-order chi connectivity index (χ0) is 13.8. The largest absolute Gasteiger partial charge is 0.272 e. The first kappa shape index (κ1) is 14.2. The first-order chi connectivity index (χ1) is 9.15. The van der Waals surface area contributed by atoms with Crippen LogP contribution < -0.4 is 11.3 Å². The summed E-state index contributed by atoms with van der Waals surface area (Å²) >= 11 is 3.51. The number of hydrogen-bond acceptors (Lipinski definition) is 3. The Bertz CT molecular complexity index is 550. The lowest BCUT2D eigenvalue weighted by atomic mass is 9.98. The molecule has 0 amide bonds. The fraction of sp³-hybridized carbons (Fsp3) is 0.357. The molecule has 5 heteroatoms. The van der Waals surface area contributed by atoms with Crippen molar-refractivity contribution in [3.8, 4) is 0 Å². The highest BCUT2D eigenvalue weighted by Gasteiger charge is 2.16. The summed E-state index contributed by atoms with van der Waals surface area (Å²) in [5.74, 6) is 5.74. The predicted octanol–water partition coefficient (Wildman–Crippen LogP) is 2.92. The van der Waals surface area contributed by atoms with E-state index in [1.165, 1.54) is 5.56 Å². The van der Waals surface area contributed by atoms with Crippen LogP contribution in [0.25, 0.3) is 0 Å². The molecule has 2 rings (SSSR count). The Morgan fingerprint density at radius 3 is 2.95 bits per heavy atom. The molecule has 0 saturated carbocycles. The van der Waals surface area contributed by atoms with Crippen LogP contribution in [0.15, 0.2) is 35.1 Å². The van der Waals surface area contributed by atoms with E-state index in [1.807, 2.05) is 23.1 Å². The maximum atomic E-state index is 5.74. The van der Waals surface area contributed by atoms with Crippen LogP contribution >= 0.6 is 15.9 Å². The fourth-order valence-corrected chi connectivity index (χ4v) is 2.55. The van der Waals surface area contributed by atoms with Gasteiger partial charge in [0.2, 0.25) is 0 Å². The van der Waals surface area contributed by atoms with Gasteiger partial charge in [-0.25, -0.2) is 5.43 Å². The van der Waals surface area contributed by atoms with E-state index in [1.54, 1.807) is 0 Å². The fourth-order valence-electron chi connectivity index (χ4n) is 2.17. The van der Waals surface area contributed by atoms with Crippen molar-refractivity contribution >= 4 is 15.9 Å². The molecule has 0 aliphatic rings. The molecule has 1 heterocycles. The number of aromatic nitrogens is 2. The Labute approximate surface area is 122 Å². The van der Waals surface area contributed by atoms with Crippen LogP contribution in [0.1, 0.15) is 36.1 Å². The van der Waals surface area contributed by atoms with E-state index in [9.17, 15) is 0 Å². The summed E-state index contributed by atoms with van der Waals surface area (Å²) in [6, 6.07) is 6.17. The second kappa shape index (κ2) is 6.32. The van der Waals surface area contributed by atoms with Gasteiger partial charge in [-0.15, -0.1) is 0 Å². The molecule has 0 aliphatic carbocycles. The molecule has 102 valence electrons. The number of nitrogens with one attached hydrogen (secondary N) is 1. The van der Waals surface area contributed by atoms with Crippen LogP contribution in [-0.4, -0.2) is 9.78 Å². The molecule has 0 aliphatic heterocycles. The van der Waals surface area contributed by atoms with Crippen molar-refractivity contribution in [1.29, 1.82) is 0 Å². The third kappa shape index (κ3) is 3.23. The number of benzene rings is 1. The average molecular weight is 323 g/mol. The lowest BCUT2D eigenvalue weighted by molar-refractivity contribution is 0.597. The van der Waals surface area contributed by atoms with Crippen molar-refractivity contribution in [2.24, 2.45) is 5.84 Å². The second-order valence-corrected chi connectivity index (χ2v) is 5.55. The number of rotatable bonds is 5. The Morgan fingerprint density at radius 1 is 1.47 bits per heavy atom. The van der Waals surface area contributed by atoms with Crippen molar-refractivity contribution < 1.29 is 0 Å². The topological polar surface area (TPSA) is 55.9 Å². The van der Waals surface area contributed by atoms with Gasteiger partial charge >= 0.3 is 0 Å². The van der Waals surface area contributed by atoms with Gasteiger partial charge in [0.25, 0.3) is 0 Å². The molecule has 4 nitrogen and oxygen atoms in total. The van der Waals surface area contributed by atoms with Gasteiger partial charge < -0.3 is 0 Å². The Kier molecular flexibility index (Phi) is 4.74. The molecule has 0 bridgehead atoms. The van der Waals surface area contributed by atoms with E-state index in [0.29, 0.717) is 0 Å². The van der Waals surface area contributed by atoms with Crippen LogP contribution in [0.3, 0.4) is 0 Å². The summed E-state index contributed by atoms with van der Waals surface area (Å²) in [7, 11) is 0. The van der Waals surface area contributed by atoms with Gasteiger partial charge in [-0.3, -0.25) is 10.5 Å². The average Bonchev–Trinajstić information content (AvgIpc) is 2.83. The number of hydrogen-bond donors (Lipinski definition) is 2. The Hall–Kier alpha value is -1.17. The molecule has 0 spiro atoms. The van der Waals surface area contributed by atoms with Crippen LogP contribution in [0.5, 0.6) is 0 Å². The van der Waals surface area contributed by atoms with E-state index < -0.39 is 0 Å². The van der Waals surface area contributed by atoms with Crippen LogP contribution in [0, 0.1) is 6.92 Å². The SMILES string of the molecule is CCCn1cc(C(NN)c2cc(Br)ccc2C)cn1. The van der Waals surface area contributed by atoms with E-state index in [4.69, 9.17) is 5.84 Å². The third-order valence-electron chi connectivity index (χ3n) is 3.16. The number of nitrogens with zero attached hydrogens (tertiary/aromatic N) is 2. The molecule has 1 atom stereocenters. The second-order valence-electron chi connectivity index (χ2n) is 4.64. The van der Waals surface area contributed by atoms with Crippen LogP contribution in [-0.2, 0) is 6.54 Å². The summed E-state index contributed by atoms with van der Waals surface area (Å²) in [5, 5.41) is 4.36. The molecule has 1 unspecified atom stereocenters. The number of hydrazine groups is 1. The summed E-state index contributed by atoms with van der Waals surface area (Å²) in [6.07, 6.45) is 4.99. The quantitative estimate of drug-likeness (QED) is 0.657. The lowest BCUT2D eigenvalue weighted by Crippen LogP contribution is -2.29. The van der Waals surface area contributed by atoms with Crippen molar-refractivity contribution in [3.63, 3.8) is 0 Å². The van der Waals surface area contributed by atoms with Gasteiger partial charge in [-0.05, 0) is 36.6 Å². The van der Waals surface area contributed by atoms with Gasteiger partial charge in [-0.1, -0.05) is 28.9 Å². The minimum atomic E-state index is -0.0388. The van der Waals surface area contributed by atoms with Gasteiger partial charge in [0, 0.05) is 22.8 Å². The molecule has 0 radical (unpaired) electrons. The summed E-state index contributed by atoms with van der Waals surface area (Å²) in [5.41, 5.74) is 6.33. The molecule has 1 aromatic heterocycles. The molecule has 0 fully saturated rings. The predicted molar refractivity (Wildman–Crippen MR) is 80.6 cm³/mol. The van der Waals surface area contributed by atoms with Crippen LogP contribution in [0.2, 0.25) is 0 Å². The van der Waals surface area contributed by atoms with E-state index in [2.05, 4.69) is 52.4 Å². The summed E-state index contributed by atoms with van der Waals surface area (Å²) < 4.78 is 3.00. The molecule has 19 heavy (non-hydrogen) atoms. The first-order valence-corrected chi connectivity index (χ1v) is 7.19. The Balaban J connectivity index is 2.35. The highest BCUT2D eigenvalue weighted by Crippen LogP contribution is 2.26. The standard InChI is InChI=1S/C14H19BrN4/c1-3-6-19-9-11(8-17-19)14(18-16)13-7-12(15)5-4-10(13)2/h4-5,7-9,14,18H,3,6,16H2,1-2H3. The molecular weight excluding hydrogens is 304 g/mol. The zero-order valence-corrected chi connectivity index (χ0v) is 12.8. The minimum Gasteiger partial charge on any atom is -0.272 e. The highest BCUT2D eigenvalue weighted by atomic mass is 79.9. The van der Waals surface area contributed by atoms with Crippen molar-refractivity contribution in [1.82, 2.24) is 15.2 Å². The molecule has 2 aromatic rings. The maximum Gasteiger partial charge on any atom is 0.0743 e. The number of nitrogens with two attached hydrogens (primary N) is 1. The summed E-state index contributed by atoms with van der Waals surface area (Å²) in [4.78, 5) is 0. The van der Waals surface area contributed by atoms with Gasteiger partial charge in [-0.2, -0.15) is 5.10 Å². The maximum absolute atomic E-state index is 5.74. The highest BCUT2D eigenvalue weighted by molar-refractivity contribution is 9.10. The zero-order valence-electron chi connectivity index (χ0n) is 11.2. The normalized spacial score (nSPS) is 12.6. The van der Waals surface area contributed by atoms with Gasteiger partial charge in [0.05, 0.1) is 12.2 Å². The monoisotopic (exact) mass is 322 g/mol. The molecular formula is C14H19BrN4. The van der Waals surface area contributed by atoms with Crippen molar-refractivity contribution in [2.45, 2.75) is 32.9 Å². The third-order valence-corrected chi connectivity index (χ3v) is 3.65. The smallest absolute Gasteiger partial charge is 0.0743 e. The number of halogens is 1. The van der Waals surface area contributed by atoms with E-state index >= 15 is 0 Å². The van der Waals surface area contributed by atoms with Gasteiger partial charge in [0.1, 0.15) is 0 Å². The van der Waals surface area contributed by atoms with Crippen molar-refractivity contribution in [2.75, 3.05) is 0 Å².